The van der Waals surface area contributed by atoms with Gasteiger partial charge in [-0.15, -0.1) is 0 Å². The maximum Gasteiger partial charge on any atom is 0.0343 e. The molecule has 0 bridgehead atoms. The molecule has 0 unspecified atom stereocenters. The molecule has 16 heavy (non-hydrogen) atoms. The van der Waals surface area contributed by atoms with Crippen molar-refractivity contribution in [3.8, 4) is 0 Å². The smallest absolute Gasteiger partial charge is 0.0343 e. The molecule has 0 saturated heterocycles. The van der Waals surface area contributed by atoms with Crippen LogP contribution in [0.1, 0.15) is 44.4 Å². The van der Waals surface area contributed by atoms with E-state index < -0.39 is 0 Å². The summed E-state index contributed by atoms with van der Waals surface area (Å²) in [5.74, 6) is 0. The van der Waals surface area contributed by atoms with Gasteiger partial charge in [0.1, 0.15) is 0 Å². The number of fused-ring (bicyclic) bond motifs is 1. The number of nitrogens with one attached hydrogen (secondary N) is 1. The molecule has 2 rings (SSSR count). The van der Waals surface area contributed by atoms with Crippen molar-refractivity contribution in [2.24, 2.45) is 0 Å². The van der Waals surface area contributed by atoms with Gasteiger partial charge in [-0.25, -0.2) is 0 Å². The molecule has 0 fully saturated rings. The summed E-state index contributed by atoms with van der Waals surface area (Å²) in [4.78, 5) is 0. The molecule has 1 aliphatic heterocycles. The molecule has 0 atom stereocenters. The topological polar surface area (TPSA) is 12.0 Å². The van der Waals surface area contributed by atoms with Gasteiger partial charge in [0.2, 0.25) is 0 Å². The maximum atomic E-state index is 3.99. The number of hydrogen-bond donors (Lipinski definition) is 1. The molecule has 0 radical (unpaired) electrons. The van der Waals surface area contributed by atoms with Crippen LogP contribution in [0, 0.1) is 6.92 Å². The van der Waals surface area contributed by atoms with E-state index in [0.29, 0.717) is 0 Å². The van der Waals surface area contributed by atoms with E-state index >= 15 is 0 Å². The summed E-state index contributed by atoms with van der Waals surface area (Å²) < 4.78 is 0. The van der Waals surface area contributed by atoms with E-state index in [-0.39, 0.29) is 0 Å². The summed E-state index contributed by atoms with van der Waals surface area (Å²) in [6, 6.07) is 6.39. The zero-order chi connectivity index (χ0) is 12.6. The molecular formula is C15H25N. The van der Waals surface area contributed by atoms with E-state index in [1.54, 1.807) is 0 Å². The van der Waals surface area contributed by atoms with Crippen LogP contribution in [0.25, 0.3) is 5.70 Å². The van der Waals surface area contributed by atoms with Crippen molar-refractivity contribution >= 4 is 5.70 Å². The predicted molar refractivity (Wildman–Crippen MR) is 74.6 cm³/mol. The highest BCUT2D eigenvalue weighted by Gasteiger charge is 2.12. The highest BCUT2D eigenvalue weighted by molar-refractivity contribution is 5.67. The number of rotatable bonds is 0. The van der Waals surface area contributed by atoms with Gasteiger partial charge in [-0.05, 0) is 24.5 Å². The first-order valence-electron chi connectivity index (χ1n) is 6.30. The molecule has 0 spiro atoms. The number of aryl methyl sites for hydroxylation is 1. The van der Waals surface area contributed by atoms with Gasteiger partial charge >= 0.3 is 0 Å². The Morgan fingerprint density at radius 1 is 1.12 bits per heavy atom. The molecule has 1 nitrogen and oxygen atoms in total. The van der Waals surface area contributed by atoms with Gasteiger partial charge in [-0.2, -0.15) is 0 Å². The van der Waals surface area contributed by atoms with Gasteiger partial charge in [0.25, 0.3) is 0 Å². The third-order valence-corrected chi connectivity index (χ3v) is 2.45. The molecule has 0 amide bonds. The fraction of sp³-hybridized carbons (Fsp3) is 0.467. The molecule has 90 valence electrons. The lowest BCUT2D eigenvalue weighted by Crippen LogP contribution is -2.22. The summed E-state index contributed by atoms with van der Waals surface area (Å²) in [7, 11) is 0. The van der Waals surface area contributed by atoms with Gasteiger partial charge in [0, 0.05) is 17.8 Å². The third kappa shape index (κ3) is 3.41. The van der Waals surface area contributed by atoms with Crippen LogP contribution in [0.15, 0.2) is 24.8 Å². The van der Waals surface area contributed by atoms with Crippen molar-refractivity contribution in [1.29, 1.82) is 0 Å². The molecule has 1 aliphatic rings. The summed E-state index contributed by atoms with van der Waals surface area (Å²) in [6.07, 6.45) is 1.13. The van der Waals surface area contributed by atoms with E-state index in [2.05, 4.69) is 37.0 Å². The first-order chi connectivity index (χ1) is 7.79. The van der Waals surface area contributed by atoms with E-state index in [9.17, 15) is 0 Å². The molecule has 0 saturated carbocycles. The first kappa shape index (κ1) is 14.8. The lowest BCUT2D eigenvalue weighted by molar-refractivity contribution is 0.810. The number of hydrogen-bond acceptors (Lipinski definition) is 1. The van der Waals surface area contributed by atoms with Crippen LogP contribution in [0.2, 0.25) is 0 Å². The average molecular weight is 219 g/mol. The van der Waals surface area contributed by atoms with Gasteiger partial charge in [0.15, 0.2) is 0 Å². The zero-order valence-corrected chi connectivity index (χ0v) is 11.4. The minimum Gasteiger partial charge on any atom is -0.385 e. The molecule has 1 N–H and O–H groups in total. The SMILES string of the molecule is C=C1NCCc2c(C)cccc21.CC.CC. The fourth-order valence-electron chi connectivity index (χ4n) is 1.75. The second kappa shape index (κ2) is 7.98. The number of benzene rings is 1. The van der Waals surface area contributed by atoms with Gasteiger partial charge < -0.3 is 5.32 Å². The lowest BCUT2D eigenvalue weighted by atomic mass is 9.95. The van der Waals surface area contributed by atoms with Gasteiger partial charge in [-0.3, -0.25) is 0 Å². The normalized spacial score (nSPS) is 12.2. The fourth-order valence-corrected chi connectivity index (χ4v) is 1.75. The minimum absolute atomic E-state index is 1.02. The Labute approximate surface area is 101 Å². The molecule has 1 aromatic carbocycles. The highest BCUT2D eigenvalue weighted by Crippen LogP contribution is 2.22. The Bertz CT molecular complexity index is 326. The monoisotopic (exact) mass is 219 g/mol. The summed E-state index contributed by atoms with van der Waals surface area (Å²) >= 11 is 0. The Morgan fingerprint density at radius 2 is 1.75 bits per heavy atom. The van der Waals surface area contributed by atoms with Gasteiger partial charge in [0.05, 0.1) is 0 Å². The van der Waals surface area contributed by atoms with E-state index in [1.165, 1.54) is 16.7 Å². The Kier molecular flexibility index (Phi) is 7.36. The van der Waals surface area contributed by atoms with Crippen LogP contribution in [0.5, 0.6) is 0 Å². The van der Waals surface area contributed by atoms with E-state index in [1.807, 2.05) is 27.7 Å². The van der Waals surface area contributed by atoms with Crippen LogP contribution in [-0.2, 0) is 6.42 Å². The predicted octanol–water partition coefficient (Wildman–Crippen LogP) is 4.16. The van der Waals surface area contributed by atoms with Crippen LogP contribution in [-0.4, -0.2) is 6.54 Å². The Morgan fingerprint density at radius 3 is 2.31 bits per heavy atom. The van der Waals surface area contributed by atoms with E-state index in [0.717, 1.165) is 18.7 Å². The van der Waals surface area contributed by atoms with Crippen molar-refractivity contribution in [3.05, 3.63) is 41.5 Å². The van der Waals surface area contributed by atoms with Crippen LogP contribution < -0.4 is 5.32 Å². The summed E-state index contributed by atoms with van der Waals surface area (Å²) in [6.45, 7) is 15.2. The first-order valence-corrected chi connectivity index (χ1v) is 6.30. The van der Waals surface area contributed by atoms with Crippen molar-refractivity contribution in [2.75, 3.05) is 6.54 Å². The molecule has 1 aromatic rings. The van der Waals surface area contributed by atoms with Crippen molar-refractivity contribution in [2.45, 2.75) is 41.0 Å². The largest absolute Gasteiger partial charge is 0.385 e. The zero-order valence-electron chi connectivity index (χ0n) is 11.4. The van der Waals surface area contributed by atoms with Crippen LogP contribution in [0.4, 0.5) is 0 Å². The van der Waals surface area contributed by atoms with Crippen LogP contribution >= 0.6 is 0 Å². The second-order valence-electron chi connectivity index (χ2n) is 3.26. The summed E-state index contributed by atoms with van der Waals surface area (Å²) in [5, 5.41) is 3.27. The Balaban J connectivity index is 0.000000509. The molecule has 1 heteroatoms. The molecule has 0 aromatic heterocycles. The average Bonchev–Trinajstić information content (AvgIpc) is 2.36. The van der Waals surface area contributed by atoms with Crippen LogP contribution in [0.3, 0.4) is 0 Å². The van der Waals surface area contributed by atoms with E-state index in [4.69, 9.17) is 0 Å². The third-order valence-electron chi connectivity index (χ3n) is 2.45. The quantitative estimate of drug-likeness (QED) is 0.690. The van der Waals surface area contributed by atoms with Crippen molar-refractivity contribution in [3.63, 3.8) is 0 Å². The summed E-state index contributed by atoms with van der Waals surface area (Å²) in [5.41, 5.74) is 5.21. The minimum atomic E-state index is 1.02. The Hall–Kier alpha value is -1.24. The second-order valence-corrected chi connectivity index (χ2v) is 3.26. The standard InChI is InChI=1S/C11H13N.2C2H6/c1-8-4-3-5-11-9(2)12-7-6-10(8)11;2*1-2/h3-5,12H,2,6-7H2,1H3;2*1-2H3. The lowest BCUT2D eigenvalue weighted by Gasteiger charge is -2.21. The van der Waals surface area contributed by atoms with Gasteiger partial charge in [-0.1, -0.05) is 52.5 Å². The van der Waals surface area contributed by atoms with Crippen molar-refractivity contribution in [1.82, 2.24) is 5.32 Å². The highest BCUT2D eigenvalue weighted by atomic mass is 14.9. The molecule has 1 heterocycles. The maximum absolute atomic E-state index is 3.99. The van der Waals surface area contributed by atoms with Crippen molar-refractivity contribution < 1.29 is 0 Å². The molecule has 0 aliphatic carbocycles. The molecular weight excluding hydrogens is 194 g/mol.